The summed E-state index contributed by atoms with van der Waals surface area (Å²) in [6.45, 7) is 6.13. The molecule has 0 spiro atoms. The molecule has 0 N–H and O–H groups in total. The van der Waals surface area contributed by atoms with Crippen molar-refractivity contribution in [2.24, 2.45) is 5.92 Å². The van der Waals surface area contributed by atoms with E-state index in [0.29, 0.717) is 0 Å². The number of piperidine rings is 1. The first-order valence-corrected chi connectivity index (χ1v) is 9.43. The zero-order valence-corrected chi connectivity index (χ0v) is 14.5. The SMILES string of the molecule is c1ccc(CCN2CCC3CCN(Cc4ccccc4)[C@@H]3C2)cc1. The quantitative estimate of drug-likeness (QED) is 0.826. The second kappa shape index (κ2) is 7.50. The van der Waals surface area contributed by atoms with Crippen molar-refractivity contribution in [2.75, 3.05) is 26.2 Å². The Bertz CT molecular complexity index is 625. The lowest BCUT2D eigenvalue weighted by Crippen LogP contribution is -2.48. The number of likely N-dealkylation sites (tertiary alicyclic amines) is 2. The van der Waals surface area contributed by atoms with E-state index in [2.05, 4.69) is 70.5 Å². The van der Waals surface area contributed by atoms with Crippen LogP contribution in [0.2, 0.25) is 0 Å². The van der Waals surface area contributed by atoms with Gasteiger partial charge in [0.05, 0.1) is 0 Å². The van der Waals surface area contributed by atoms with Crippen LogP contribution in [-0.4, -0.2) is 42.0 Å². The molecule has 2 aromatic rings. The Morgan fingerprint density at radius 1 is 0.792 bits per heavy atom. The Morgan fingerprint density at radius 3 is 2.21 bits per heavy atom. The molecule has 0 bridgehead atoms. The molecule has 2 nitrogen and oxygen atoms in total. The summed E-state index contributed by atoms with van der Waals surface area (Å²) in [5.41, 5.74) is 2.92. The van der Waals surface area contributed by atoms with E-state index in [0.717, 1.165) is 18.5 Å². The minimum absolute atomic E-state index is 0.759. The van der Waals surface area contributed by atoms with E-state index in [1.165, 1.54) is 56.6 Å². The molecule has 1 unspecified atom stereocenters. The lowest BCUT2D eigenvalue weighted by Gasteiger charge is -2.38. The molecule has 0 radical (unpaired) electrons. The van der Waals surface area contributed by atoms with Gasteiger partial charge in [0, 0.05) is 25.7 Å². The molecule has 2 atom stereocenters. The maximum atomic E-state index is 2.73. The molecule has 2 fully saturated rings. The van der Waals surface area contributed by atoms with Crippen molar-refractivity contribution in [1.82, 2.24) is 9.80 Å². The summed E-state index contributed by atoms with van der Waals surface area (Å²) < 4.78 is 0. The number of hydrogen-bond acceptors (Lipinski definition) is 2. The largest absolute Gasteiger partial charge is 0.301 e. The zero-order chi connectivity index (χ0) is 16.2. The molecular weight excluding hydrogens is 292 g/mol. The summed E-state index contributed by atoms with van der Waals surface area (Å²) in [4.78, 5) is 5.42. The molecule has 2 aliphatic rings. The van der Waals surface area contributed by atoms with E-state index in [9.17, 15) is 0 Å². The number of hydrogen-bond donors (Lipinski definition) is 0. The van der Waals surface area contributed by atoms with Gasteiger partial charge in [0.1, 0.15) is 0 Å². The molecule has 24 heavy (non-hydrogen) atoms. The first-order chi connectivity index (χ1) is 11.9. The van der Waals surface area contributed by atoms with E-state index in [-0.39, 0.29) is 0 Å². The number of fused-ring (bicyclic) bond motifs is 1. The number of benzene rings is 2. The monoisotopic (exact) mass is 320 g/mol. The van der Waals surface area contributed by atoms with Gasteiger partial charge in [0.25, 0.3) is 0 Å². The van der Waals surface area contributed by atoms with E-state index in [1.807, 2.05) is 0 Å². The molecule has 2 aliphatic heterocycles. The van der Waals surface area contributed by atoms with Crippen molar-refractivity contribution >= 4 is 0 Å². The topological polar surface area (TPSA) is 6.48 Å². The lowest BCUT2D eigenvalue weighted by molar-refractivity contribution is 0.102. The Hall–Kier alpha value is -1.64. The first kappa shape index (κ1) is 15.9. The molecular formula is C22H28N2. The molecule has 0 aliphatic carbocycles. The Morgan fingerprint density at radius 2 is 1.46 bits per heavy atom. The average molecular weight is 320 g/mol. The third-order valence-corrected chi connectivity index (χ3v) is 5.85. The van der Waals surface area contributed by atoms with Crippen LogP contribution in [-0.2, 0) is 13.0 Å². The Kier molecular flexibility index (Phi) is 4.96. The summed E-state index contributed by atoms with van der Waals surface area (Å²) in [5.74, 6) is 0.918. The molecule has 2 heterocycles. The van der Waals surface area contributed by atoms with Gasteiger partial charge in [0.2, 0.25) is 0 Å². The van der Waals surface area contributed by atoms with Gasteiger partial charge in [-0.1, -0.05) is 60.7 Å². The zero-order valence-electron chi connectivity index (χ0n) is 14.5. The van der Waals surface area contributed by atoms with Crippen LogP contribution in [0.4, 0.5) is 0 Å². The van der Waals surface area contributed by atoms with Crippen LogP contribution >= 0.6 is 0 Å². The molecule has 4 rings (SSSR count). The predicted molar refractivity (Wildman–Crippen MR) is 100.0 cm³/mol. The third-order valence-electron chi connectivity index (χ3n) is 5.85. The summed E-state index contributed by atoms with van der Waals surface area (Å²) in [6.07, 6.45) is 3.95. The highest BCUT2D eigenvalue weighted by Gasteiger charge is 2.37. The fourth-order valence-electron chi connectivity index (χ4n) is 4.44. The van der Waals surface area contributed by atoms with Gasteiger partial charge in [-0.25, -0.2) is 0 Å². The van der Waals surface area contributed by atoms with Gasteiger partial charge in [-0.2, -0.15) is 0 Å². The fourth-order valence-corrected chi connectivity index (χ4v) is 4.44. The van der Waals surface area contributed by atoms with E-state index >= 15 is 0 Å². The number of rotatable bonds is 5. The third kappa shape index (κ3) is 3.71. The smallest absolute Gasteiger partial charge is 0.0255 e. The first-order valence-electron chi connectivity index (χ1n) is 9.43. The highest BCUT2D eigenvalue weighted by molar-refractivity contribution is 5.16. The highest BCUT2D eigenvalue weighted by Crippen LogP contribution is 2.32. The van der Waals surface area contributed by atoms with Crippen molar-refractivity contribution in [1.29, 1.82) is 0 Å². The molecule has 2 aromatic carbocycles. The molecule has 0 saturated carbocycles. The maximum absolute atomic E-state index is 2.73. The van der Waals surface area contributed by atoms with Crippen LogP contribution < -0.4 is 0 Å². The second-order valence-electron chi connectivity index (χ2n) is 7.40. The van der Waals surface area contributed by atoms with Gasteiger partial charge in [-0.15, -0.1) is 0 Å². The van der Waals surface area contributed by atoms with Crippen LogP contribution in [0.25, 0.3) is 0 Å². The van der Waals surface area contributed by atoms with Gasteiger partial charge in [0.15, 0.2) is 0 Å². The second-order valence-corrected chi connectivity index (χ2v) is 7.40. The van der Waals surface area contributed by atoms with Crippen molar-refractivity contribution < 1.29 is 0 Å². The number of nitrogens with zero attached hydrogens (tertiary/aromatic N) is 2. The standard InChI is InChI=1S/C22H28N2/c1-3-7-19(8-4-1)11-14-23-15-12-21-13-16-24(22(21)18-23)17-20-9-5-2-6-10-20/h1-10,21-22H,11-18H2/t21?,22-/m1/s1. The van der Waals surface area contributed by atoms with Crippen molar-refractivity contribution in [3.63, 3.8) is 0 Å². The molecule has 126 valence electrons. The average Bonchev–Trinajstić information content (AvgIpc) is 3.04. The maximum Gasteiger partial charge on any atom is 0.0255 e. The molecule has 2 saturated heterocycles. The summed E-state index contributed by atoms with van der Waals surface area (Å²) >= 11 is 0. The summed E-state index contributed by atoms with van der Waals surface area (Å²) in [5, 5.41) is 0. The van der Waals surface area contributed by atoms with Crippen LogP contribution in [0.3, 0.4) is 0 Å². The Balaban J connectivity index is 1.34. The van der Waals surface area contributed by atoms with Crippen LogP contribution in [0.5, 0.6) is 0 Å². The molecule has 2 heteroatoms. The van der Waals surface area contributed by atoms with Crippen molar-refractivity contribution in [3.8, 4) is 0 Å². The summed E-state index contributed by atoms with van der Waals surface area (Å²) in [6, 6.07) is 22.7. The molecule has 0 amide bonds. The van der Waals surface area contributed by atoms with Gasteiger partial charge >= 0.3 is 0 Å². The van der Waals surface area contributed by atoms with Crippen molar-refractivity contribution in [2.45, 2.75) is 31.8 Å². The van der Waals surface area contributed by atoms with E-state index in [4.69, 9.17) is 0 Å². The van der Waals surface area contributed by atoms with E-state index < -0.39 is 0 Å². The van der Waals surface area contributed by atoms with E-state index in [1.54, 1.807) is 0 Å². The lowest BCUT2D eigenvalue weighted by atomic mass is 9.92. The fraction of sp³-hybridized carbons (Fsp3) is 0.455. The Labute approximate surface area is 146 Å². The minimum atomic E-state index is 0.759. The van der Waals surface area contributed by atoms with Gasteiger partial charge < -0.3 is 4.90 Å². The van der Waals surface area contributed by atoms with Gasteiger partial charge in [-0.3, -0.25) is 4.90 Å². The van der Waals surface area contributed by atoms with Crippen LogP contribution in [0.1, 0.15) is 24.0 Å². The minimum Gasteiger partial charge on any atom is -0.301 e. The van der Waals surface area contributed by atoms with Crippen LogP contribution in [0, 0.1) is 5.92 Å². The molecule has 0 aromatic heterocycles. The summed E-state index contributed by atoms with van der Waals surface area (Å²) in [7, 11) is 0. The normalized spacial score (nSPS) is 24.8. The van der Waals surface area contributed by atoms with Crippen LogP contribution in [0.15, 0.2) is 60.7 Å². The predicted octanol–water partition coefficient (Wildman–Crippen LogP) is 3.83. The van der Waals surface area contributed by atoms with Gasteiger partial charge in [-0.05, 0) is 49.4 Å². The van der Waals surface area contributed by atoms with Crippen molar-refractivity contribution in [3.05, 3.63) is 71.8 Å². The highest BCUT2D eigenvalue weighted by atomic mass is 15.3.